The molecule has 1 aliphatic rings. The van der Waals surface area contributed by atoms with E-state index in [0.717, 1.165) is 56.9 Å². The maximum atomic E-state index is 5.88. The van der Waals surface area contributed by atoms with Crippen molar-refractivity contribution in [2.45, 2.75) is 26.2 Å². The molecular formula is C20H26N2O. The van der Waals surface area contributed by atoms with Gasteiger partial charge in [-0.25, -0.2) is 0 Å². The van der Waals surface area contributed by atoms with Gasteiger partial charge in [0.25, 0.3) is 0 Å². The van der Waals surface area contributed by atoms with Crippen molar-refractivity contribution >= 4 is 11.4 Å². The molecule has 0 saturated carbocycles. The monoisotopic (exact) mass is 310 g/mol. The Morgan fingerprint density at radius 1 is 1.09 bits per heavy atom. The Morgan fingerprint density at radius 2 is 1.91 bits per heavy atom. The van der Waals surface area contributed by atoms with Crippen molar-refractivity contribution < 1.29 is 4.74 Å². The van der Waals surface area contributed by atoms with Gasteiger partial charge >= 0.3 is 0 Å². The highest BCUT2D eigenvalue weighted by Crippen LogP contribution is 2.27. The van der Waals surface area contributed by atoms with Gasteiger partial charge < -0.3 is 15.0 Å². The normalized spacial score (nSPS) is 13.0. The van der Waals surface area contributed by atoms with Crippen molar-refractivity contribution in [1.29, 1.82) is 0 Å². The lowest BCUT2D eigenvalue weighted by Gasteiger charge is -2.20. The molecule has 23 heavy (non-hydrogen) atoms. The summed E-state index contributed by atoms with van der Waals surface area (Å²) < 4.78 is 5.88. The van der Waals surface area contributed by atoms with Crippen LogP contribution in [0.3, 0.4) is 0 Å². The standard InChI is InChI=1S/C20H26N2O/c1-2-3-16-23-20-11-7-5-9-18(20)21-13-15-22-14-12-17-8-4-6-10-19(17)22/h4-11,21H,2-3,12-16H2,1H3. The van der Waals surface area contributed by atoms with Crippen LogP contribution in [0, 0.1) is 0 Å². The average molecular weight is 310 g/mol. The average Bonchev–Trinajstić information content (AvgIpc) is 3.00. The van der Waals surface area contributed by atoms with E-state index in [1.807, 2.05) is 12.1 Å². The van der Waals surface area contributed by atoms with Gasteiger partial charge in [-0.3, -0.25) is 0 Å². The van der Waals surface area contributed by atoms with Gasteiger partial charge in [-0.1, -0.05) is 43.7 Å². The van der Waals surface area contributed by atoms with E-state index >= 15 is 0 Å². The minimum absolute atomic E-state index is 0.786. The number of anilines is 2. The molecule has 3 heteroatoms. The molecule has 0 radical (unpaired) electrons. The molecule has 3 rings (SSSR count). The maximum Gasteiger partial charge on any atom is 0.142 e. The Morgan fingerprint density at radius 3 is 2.83 bits per heavy atom. The van der Waals surface area contributed by atoms with E-state index in [1.54, 1.807) is 0 Å². The number of unbranched alkanes of at least 4 members (excludes halogenated alkanes) is 1. The molecule has 0 aromatic heterocycles. The molecule has 0 fully saturated rings. The Balaban J connectivity index is 1.53. The molecule has 2 aromatic rings. The third-order valence-electron chi connectivity index (χ3n) is 4.32. The summed E-state index contributed by atoms with van der Waals surface area (Å²) in [5, 5.41) is 3.53. The second-order valence-corrected chi connectivity index (χ2v) is 5.99. The fourth-order valence-corrected chi connectivity index (χ4v) is 3.03. The molecule has 0 unspecified atom stereocenters. The minimum atomic E-state index is 0.786. The molecule has 1 heterocycles. The number of hydrogen-bond acceptors (Lipinski definition) is 3. The van der Waals surface area contributed by atoms with Gasteiger partial charge in [0.05, 0.1) is 12.3 Å². The van der Waals surface area contributed by atoms with Crippen LogP contribution in [-0.4, -0.2) is 26.2 Å². The van der Waals surface area contributed by atoms with Crippen molar-refractivity contribution in [1.82, 2.24) is 0 Å². The van der Waals surface area contributed by atoms with Gasteiger partial charge in [0.15, 0.2) is 0 Å². The van der Waals surface area contributed by atoms with Crippen LogP contribution in [-0.2, 0) is 6.42 Å². The van der Waals surface area contributed by atoms with E-state index in [9.17, 15) is 0 Å². The van der Waals surface area contributed by atoms with Gasteiger partial charge in [0.1, 0.15) is 5.75 Å². The second-order valence-electron chi connectivity index (χ2n) is 5.99. The fraction of sp³-hybridized carbons (Fsp3) is 0.400. The molecule has 1 N–H and O–H groups in total. The number of benzene rings is 2. The predicted molar refractivity (Wildman–Crippen MR) is 97.7 cm³/mol. The van der Waals surface area contributed by atoms with Crippen LogP contribution in [0.2, 0.25) is 0 Å². The van der Waals surface area contributed by atoms with E-state index in [2.05, 4.69) is 53.5 Å². The Hall–Kier alpha value is -2.16. The van der Waals surface area contributed by atoms with Crippen molar-refractivity contribution in [3.05, 3.63) is 54.1 Å². The smallest absolute Gasteiger partial charge is 0.142 e. The third-order valence-corrected chi connectivity index (χ3v) is 4.32. The van der Waals surface area contributed by atoms with Crippen LogP contribution in [0.15, 0.2) is 48.5 Å². The summed E-state index contributed by atoms with van der Waals surface area (Å²) in [5.41, 5.74) is 3.95. The molecular weight excluding hydrogens is 284 g/mol. The van der Waals surface area contributed by atoms with Gasteiger partial charge in [-0.2, -0.15) is 0 Å². The first-order valence-corrected chi connectivity index (χ1v) is 8.67. The number of ether oxygens (including phenoxy) is 1. The van der Waals surface area contributed by atoms with E-state index in [0.29, 0.717) is 0 Å². The summed E-state index contributed by atoms with van der Waals surface area (Å²) in [6, 6.07) is 16.9. The Bertz CT molecular complexity index is 627. The SMILES string of the molecule is CCCCOc1ccccc1NCCN1CCc2ccccc21. The van der Waals surface area contributed by atoms with Crippen LogP contribution < -0.4 is 15.0 Å². The van der Waals surface area contributed by atoms with E-state index in [-0.39, 0.29) is 0 Å². The number of nitrogens with one attached hydrogen (secondary N) is 1. The summed E-state index contributed by atoms with van der Waals surface area (Å²) >= 11 is 0. The van der Waals surface area contributed by atoms with Gasteiger partial charge in [0.2, 0.25) is 0 Å². The van der Waals surface area contributed by atoms with E-state index < -0.39 is 0 Å². The zero-order valence-corrected chi connectivity index (χ0v) is 13.9. The number of hydrogen-bond donors (Lipinski definition) is 1. The Kier molecular flexibility index (Phi) is 5.41. The van der Waals surface area contributed by atoms with Crippen molar-refractivity contribution in [2.24, 2.45) is 0 Å². The number of para-hydroxylation sites is 3. The fourth-order valence-electron chi connectivity index (χ4n) is 3.03. The summed E-state index contributed by atoms with van der Waals surface area (Å²) in [4.78, 5) is 2.46. The molecule has 0 saturated heterocycles. The maximum absolute atomic E-state index is 5.88. The van der Waals surface area contributed by atoms with Crippen LogP contribution in [0.25, 0.3) is 0 Å². The predicted octanol–water partition coefficient (Wildman–Crippen LogP) is 4.34. The molecule has 2 aromatic carbocycles. The quantitative estimate of drug-likeness (QED) is 0.734. The first kappa shape index (κ1) is 15.7. The van der Waals surface area contributed by atoms with Gasteiger partial charge in [-0.05, 0) is 36.6 Å². The summed E-state index contributed by atoms with van der Waals surface area (Å²) in [6.45, 7) is 6.02. The van der Waals surface area contributed by atoms with Crippen LogP contribution >= 0.6 is 0 Å². The lowest BCUT2D eigenvalue weighted by molar-refractivity contribution is 0.310. The first-order chi connectivity index (χ1) is 11.4. The van der Waals surface area contributed by atoms with Crippen LogP contribution in [0.4, 0.5) is 11.4 Å². The summed E-state index contributed by atoms with van der Waals surface area (Å²) in [7, 11) is 0. The topological polar surface area (TPSA) is 24.5 Å². The molecule has 0 bridgehead atoms. The number of fused-ring (bicyclic) bond motifs is 1. The van der Waals surface area contributed by atoms with E-state index in [4.69, 9.17) is 4.74 Å². The lowest BCUT2D eigenvalue weighted by atomic mass is 10.2. The highest BCUT2D eigenvalue weighted by Gasteiger charge is 2.17. The van der Waals surface area contributed by atoms with Crippen molar-refractivity contribution in [3.63, 3.8) is 0 Å². The summed E-state index contributed by atoms with van der Waals surface area (Å²) in [6.07, 6.45) is 3.41. The molecule has 0 amide bonds. The molecule has 0 aliphatic carbocycles. The molecule has 3 nitrogen and oxygen atoms in total. The Labute approximate surface area is 139 Å². The zero-order valence-electron chi connectivity index (χ0n) is 13.9. The van der Waals surface area contributed by atoms with Crippen molar-refractivity contribution in [2.75, 3.05) is 36.5 Å². The number of nitrogens with zero attached hydrogens (tertiary/aromatic N) is 1. The zero-order chi connectivity index (χ0) is 15.9. The highest BCUT2D eigenvalue weighted by atomic mass is 16.5. The molecule has 0 spiro atoms. The first-order valence-electron chi connectivity index (χ1n) is 8.67. The molecule has 122 valence electrons. The molecule has 1 aliphatic heterocycles. The van der Waals surface area contributed by atoms with Crippen molar-refractivity contribution in [3.8, 4) is 5.75 Å². The van der Waals surface area contributed by atoms with E-state index in [1.165, 1.54) is 11.3 Å². The third kappa shape index (κ3) is 3.98. The van der Waals surface area contributed by atoms with Crippen LogP contribution in [0.5, 0.6) is 5.75 Å². The molecule has 0 atom stereocenters. The lowest BCUT2D eigenvalue weighted by Crippen LogP contribution is -2.27. The van der Waals surface area contributed by atoms with Crippen LogP contribution in [0.1, 0.15) is 25.3 Å². The second kappa shape index (κ2) is 7.91. The minimum Gasteiger partial charge on any atom is -0.491 e. The number of rotatable bonds is 8. The highest BCUT2D eigenvalue weighted by molar-refractivity contribution is 5.59. The van der Waals surface area contributed by atoms with Gasteiger partial charge in [0, 0.05) is 25.3 Å². The van der Waals surface area contributed by atoms with Gasteiger partial charge in [-0.15, -0.1) is 0 Å². The summed E-state index contributed by atoms with van der Waals surface area (Å²) in [5.74, 6) is 0.961. The largest absolute Gasteiger partial charge is 0.491 e.